The summed E-state index contributed by atoms with van der Waals surface area (Å²) in [5, 5.41) is 3.39. The highest BCUT2D eigenvalue weighted by atomic mass is 35.5. The zero-order chi connectivity index (χ0) is 24.0. The summed E-state index contributed by atoms with van der Waals surface area (Å²) >= 11 is 12.3. The van der Waals surface area contributed by atoms with Crippen LogP contribution in [0.1, 0.15) is 24.5 Å². The molecule has 0 spiro atoms. The lowest BCUT2D eigenvalue weighted by molar-refractivity contribution is -0.122. The second-order valence-electron chi connectivity index (χ2n) is 8.00. The second-order valence-corrected chi connectivity index (χ2v) is 10.7. The molecule has 10 heteroatoms. The molecule has 1 N–H and O–H groups in total. The lowest BCUT2D eigenvalue weighted by atomic mass is 10.1. The Balaban J connectivity index is 1.68. The quantitative estimate of drug-likeness (QED) is 0.553. The van der Waals surface area contributed by atoms with E-state index in [1.807, 2.05) is 24.3 Å². The van der Waals surface area contributed by atoms with Crippen LogP contribution in [-0.4, -0.2) is 57.8 Å². The van der Waals surface area contributed by atoms with Crippen LogP contribution in [-0.2, 0) is 32.6 Å². The molecular formula is C23H29Cl2N3O4S. The molecule has 1 amide bonds. The number of carbonyl (C=O) groups is 1. The molecule has 1 fully saturated rings. The molecule has 1 aliphatic heterocycles. The third-order valence-corrected chi connectivity index (χ3v) is 7.20. The molecule has 2 aromatic carbocycles. The molecule has 0 aliphatic carbocycles. The minimum Gasteiger partial charge on any atom is -0.379 e. The first-order chi connectivity index (χ1) is 15.7. The highest BCUT2D eigenvalue weighted by Crippen LogP contribution is 2.33. The Bertz CT molecular complexity index is 1060. The fourth-order valence-electron chi connectivity index (χ4n) is 3.78. The van der Waals surface area contributed by atoms with E-state index < -0.39 is 22.0 Å². The van der Waals surface area contributed by atoms with Gasteiger partial charge in [0.1, 0.15) is 6.04 Å². The summed E-state index contributed by atoms with van der Waals surface area (Å²) in [7, 11) is -3.80. The van der Waals surface area contributed by atoms with Crippen LogP contribution in [0.2, 0.25) is 10.0 Å². The Morgan fingerprint density at radius 2 is 1.76 bits per heavy atom. The van der Waals surface area contributed by atoms with Gasteiger partial charge in [0.05, 0.1) is 30.2 Å². The van der Waals surface area contributed by atoms with Crippen molar-refractivity contribution in [3.05, 3.63) is 63.6 Å². The monoisotopic (exact) mass is 513 g/mol. The molecule has 1 heterocycles. The molecule has 0 radical (unpaired) electrons. The number of hydrogen-bond donors (Lipinski definition) is 1. The summed E-state index contributed by atoms with van der Waals surface area (Å²) in [6.45, 7) is 6.25. The van der Waals surface area contributed by atoms with Crippen molar-refractivity contribution in [1.29, 1.82) is 0 Å². The third kappa shape index (κ3) is 7.07. The largest absolute Gasteiger partial charge is 0.379 e. The number of carbonyl (C=O) groups excluding carboxylic acids is 1. The van der Waals surface area contributed by atoms with Crippen molar-refractivity contribution >= 4 is 44.8 Å². The molecular weight excluding hydrogens is 485 g/mol. The van der Waals surface area contributed by atoms with Crippen molar-refractivity contribution in [3.63, 3.8) is 0 Å². The first-order valence-corrected chi connectivity index (χ1v) is 13.4. The summed E-state index contributed by atoms with van der Waals surface area (Å²) in [5.41, 5.74) is 2.30. The van der Waals surface area contributed by atoms with Gasteiger partial charge in [0.15, 0.2) is 0 Å². The maximum Gasteiger partial charge on any atom is 0.244 e. The molecule has 3 rings (SSSR count). The van der Waals surface area contributed by atoms with Gasteiger partial charge in [0.25, 0.3) is 0 Å². The Morgan fingerprint density at radius 1 is 1.12 bits per heavy atom. The zero-order valence-electron chi connectivity index (χ0n) is 18.8. The normalized spacial score (nSPS) is 15.8. The molecule has 2 aromatic rings. The van der Waals surface area contributed by atoms with E-state index >= 15 is 0 Å². The van der Waals surface area contributed by atoms with E-state index in [0.29, 0.717) is 5.02 Å². The Hall–Kier alpha value is -1.84. The lowest BCUT2D eigenvalue weighted by Gasteiger charge is -2.30. The predicted octanol–water partition coefficient (Wildman–Crippen LogP) is 3.69. The van der Waals surface area contributed by atoms with E-state index in [0.717, 1.165) is 49.0 Å². The van der Waals surface area contributed by atoms with Gasteiger partial charge in [-0.05, 0) is 35.7 Å². The van der Waals surface area contributed by atoms with Gasteiger partial charge >= 0.3 is 0 Å². The van der Waals surface area contributed by atoms with Crippen LogP contribution in [0.15, 0.2) is 42.5 Å². The summed E-state index contributed by atoms with van der Waals surface area (Å²) in [6, 6.07) is 11.6. The van der Waals surface area contributed by atoms with Crippen LogP contribution in [0.4, 0.5) is 5.69 Å². The van der Waals surface area contributed by atoms with Crippen LogP contribution in [0.25, 0.3) is 0 Å². The number of nitrogens with zero attached hydrogens (tertiary/aromatic N) is 2. The third-order valence-electron chi connectivity index (χ3n) is 5.47. The topological polar surface area (TPSA) is 79.0 Å². The number of benzene rings is 2. The summed E-state index contributed by atoms with van der Waals surface area (Å²) < 4.78 is 31.6. The van der Waals surface area contributed by atoms with Gasteiger partial charge in [0.2, 0.25) is 15.9 Å². The fourth-order valence-corrected chi connectivity index (χ4v) is 5.42. The number of hydrogen-bond acceptors (Lipinski definition) is 5. The maximum absolute atomic E-state index is 13.0. The molecule has 7 nitrogen and oxygen atoms in total. The van der Waals surface area contributed by atoms with Gasteiger partial charge in [0, 0.05) is 31.2 Å². The molecule has 0 bridgehead atoms. The van der Waals surface area contributed by atoms with Crippen molar-refractivity contribution in [2.24, 2.45) is 0 Å². The molecule has 1 saturated heterocycles. The smallest absolute Gasteiger partial charge is 0.244 e. The van der Waals surface area contributed by atoms with Crippen LogP contribution < -0.4 is 9.62 Å². The highest BCUT2D eigenvalue weighted by Gasteiger charge is 2.32. The number of rotatable bonds is 9. The van der Waals surface area contributed by atoms with E-state index in [-0.39, 0.29) is 23.7 Å². The molecule has 1 aliphatic rings. The van der Waals surface area contributed by atoms with Gasteiger partial charge in [-0.2, -0.15) is 0 Å². The first kappa shape index (κ1) is 25.8. The number of anilines is 1. The average molecular weight is 514 g/mol. The first-order valence-electron chi connectivity index (χ1n) is 10.8. The minimum absolute atomic E-state index is 0.182. The maximum atomic E-state index is 13.0. The summed E-state index contributed by atoms with van der Waals surface area (Å²) in [4.78, 5) is 15.4. The van der Waals surface area contributed by atoms with Crippen molar-refractivity contribution in [3.8, 4) is 0 Å². The Morgan fingerprint density at radius 3 is 2.36 bits per heavy atom. The number of sulfonamides is 1. The van der Waals surface area contributed by atoms with Gasteiger partial charge < -0.3 is 10.1 Å². The SMILES string of the molecule is CC[C@@H](C(=O)NCc1ccc(CN2CCOCC2)cc1)N(c1cc(Cl)ccc1Cl)S(C)(=O)=O. The minimum atomic E-state index is -3.80. The second kappa shape index (κ2) is 11.5. The van der Waals surface area contributed by atoms with Crippen molar-refractivity contribution in [2.75, 3.05) is 36.9 Å². The van der Waals surface area contributed by atoms with Crippen LogP contribution in [0, 0.1) is 0 Å². The van der Waals surface area contributed by atoms with Gasteiger partial charge in [-0.25, -0.2) is 8.42 Å². The van der Waals surface area contributed by atoms with Gasteiger partial charge in [-0.1, -0.05) is 54.4 Å². The molecule has 33 heavy (non-hydrogen) atoms. The molecule has 180 valence electrons. The van der Waals surface area contributed by atoms with E-state index in [1.54, 1.807) is 13.0 Å². The van der Waals surface area contributed by atoms with Crippen LogP contribution >= 0.6 is 23.2 Å². The molecule has 1 atom stereocenters. The van der Waals surface area contributed by atoms with Gasteiger partial charge in [-0.15, -0.1) is 0 Å². The van der Waals surface area contributed by atoms with Crippen molar-refractivity contribution < 1.29 is 17.9 Å². The fraction of sp³-hybridized carbons (Fsp3) is 0.435. The molecule has 0 unspecified atom stereocenters. The predicted molar refractivity (Wildman–Crippen MR) is 132 cm³/mol. The summed E-state index contributed by atoms with van der Waals surface area (Å²) in [5.74, 6) is -0.406. The van der Waals surface area contributed by atoms with E-state index in [1.165, 1.54) is 17.7 Å². The van der Waals surface area contributed by atoms with Gasteiger partial charge in [-0.3, -0.25) is 14.0 Å². The number of ether oxygens (including phenoxy) is 1. The lowest BCUT2D eigenvalue weighted by Crippen LogP contribution is -2.49. The number of amides is 1. The van der Waals surface area contributed by atoms with E-state index in [2.05, 4.69) is 10.2 Å². The standard InChI is InChI=1S/C23H29Cl2N3O4S/c1-3-21(28(33(2,30)31)22-14-19(24)8-9-20(22)25)23(29)26-15-17-4-6-18(7-5-17)16-27-10-12-32-13-11-27/h4-9,14,21H,3,10-13,15-16H2,1-2H3,(H,26,29)/t21-/m0/s1. The van der Waals surface area contributed by atoms with E-state index in [9.17, 15) is 13.2 Å². The Labute approximate surface area is 205 Å². The van der Waals surface area contributed by atoms with E-state index in [4.69, 9.17) is 27.9 Å². The van der Waals surface area contributed by atoms with Crippen LogP contribution in [0.3, 0.4) is 0 Å². The Kier molecular flexibility index (Phi) is 9.01. The number of morpholine rings is 1. The average Bonchev–Trinajstić information content (AvgIpc) is 2.78. The van der Waals surface area contributed by atoms with Crippen molar-refractivity contribution in [2.45, 2.75) is 32.5 Å². The highest BCUT2D eigenvalue weighted by molar-refractivity contribution is 7.92. The number of halogens is 2. The number of nitrogens with one attached hydrogen (secondary N) is 1. The molecule has 0 aromatic heterocycles. The zero-order valence-corrected chi connectivity index (χ0v) is 21.1. The van der Waals surface area contributed by atoms with Crippen molar-refractivity contribution in [1.82, 2.24) is 10.2 Å². The van der Waals surface area contributed by atoms with Crippen LogP contribution in [0.5, 0.6) is 0 Å². The summed E-state index contributed by atoms with van der Waals surface area (Å²) in [6.07, 6.45) is 1.31. The molecule has 0 saturated carbocycles.